The van der Waals surface area contributed by atoms with Crippen molar-refractivity contribution in [3.63, 3.8) is 0 Å². The smallest absolute Gasteiger partial charge is 0.256 e. The van der Waals surface area contributed by atoms with Crippen LogP contribution in [0.1, 0.15) is 43.2 Å². The van der Waals surface area contributed by atoms with Gasteiger partial charge in [-0.25, -0.2) is 4.68 Å². The Kier molecular flexibility index (Phi) is 4.63. The molecular formula is C18H23N7O2. The minimum atomic E-state index is -0.183. The summed E-state index contributed by atoms with van der Waals surface area (Å²) in [7, 11) is 2.05. The van der Waals surface area contributed by atoms with Gasteiger partial charge in [0.2, 0.25) is 0 Å². The lowest BCUT2D eigenvalue weighted by Gasteiger charge is -2.30. The molecule has 4 heterocycles. The SMILES string of the molecule is CC(C)n1ncc2cc(/C=C/c3nc(C4CNCCN4C)no3)c(=O)[nH]c21. The normalized spacial score (nSPS) is 18.9. The first-order valence-electron chi connectivity index (χ1n) is 9.06. The highest BCUT2D eigenvalue weighted by Gasteiger charge is 2.24. The fourth-order valence-corrected chi connectivity index (χ4v) is 3.24. The van der Waals surface area contributed by atoms with Gasteiger partial charge in [-0.3, -0.25) is 9.69 Å². The first-order valence-corrected chi connectivity index (χ1v) is 9.06. The number of piperazine rings is 1. The maximum atomic E-state index is 12.4. The van der Waals surface area contributed by atoms with Crippen molar-refractivity contribution in [2.24, 2.45) is 0 Å². The number of H-pyrrole nitrogens is 1. The van der Waals surface area contributed by atoms with Crippen molar-refractivity contribution in [2.45, 2.75) is 25.9 Å². The van der Waals surface area contributed by atoms with E-state index in [1.807, 2.05) is 27.0 Å². The minimum Gasteiger partial charge on any atom is -0.335 e. The third-order valence-corrected chi connectivity index (χ3v) is 4.79. The first-order chi connectivity index (χ1) is 13.0. The number of rotatable bonds is 4. The molecule has 27 heavy (non-hydrogen) atoms. The molecule has 1 unspecified atom stereocenters. The van der Waals surface area contributed by atoms with Gasteiger partial charge in [-0.1, -0.05) is 5.16 Å². The summed E-state index contributed by atoms with van der Waals surface area (Å²) in [5.41, 5.74) is 1.05. The van der Waals surface area contributed by atoms with Gasteiger partial charge in [0.05, 0.1) is 12.2 Å². The molecule has 0 aromatic carbocycles. The molecule has 1 aliphatic heterocycles. The van der Waals surface area contributed by atoms with Crippen LogP contribution in [0.3, 0.4) is 0 Å². The van der Waals surface area contributed by atoms with Crippen molar-refractivity contribution >= 4 is 23.2 Å². The zero-order valence-corrected chi connectivity index (χ0v) is 15.6. The molecule has 0 aliphatic carbocycles. The van der Waals surface area contributed by atoms with Gasteiger partial charge in [0.1, 0.15) is 5.65 Å². The monoisotopic (exact) mass is 369 g/mol. The molecule has 0 amide bonds. The summed E-state index contributed by atoms with van der Waals surface area (Å²) in [4.78, 5) is 21.9. The molecule has 1 atom stereocenters. The molecule has 0 radical (unpaired) electrons. The number of hydrogen-bond acceptors (Lipinski definition) is 7. The summed E-state index contributed by atoms with van der Waals surface area (Å²) in [5.74, 6) is 1.02. The lowest BCUT2D eigenvalue weighted by atomic mass is 10.2. The van der Waals surface area contributed by atoms with Gasteiger partial charge in [-0.05, 0) is 33.0 Å². The van der Waals surface area contributed by atoms with Crippen molar-refractivity contribution in [3.05, 3.63) is 39.9 Å². The molecule has 3 aromatic rings. The lowest BCUT2D eigenvalue weighted by Crippen LogP contribution is -2.44. The van der Waals surface area contributed by atoms with E-state index in [-0.39, 0.29) is 17.6 Å². The fraction of sp³-hybridized carbons (Fsp3) is 0.444. The summed E-state index contributed by atoms with van der Waals surface area (Å²) >= 11 is 0. The highest BCUT2D eigenvalue weighted by Crippen LogP contribution is 2.19. The van der Waals surface area contributed by atoms with Gasteiger partial charge in [0, 0.05) is 42.7 Å². The van der Waals surface area contributed by atoms with Crippen LogP contribution in [0.25, 0.3) is 23.2 Å². The van der Waals surface area contributed by atoms with Crippen molar-refractivity contribution in [3.8, 4) is 0 Å². The van der Waals surface area contributed by atoms with Crippen LogP contribution in [-0.4, -0.2) is 56.5 Å². The Morgan fingerprint density at radius 1 is 1.37 bits per heavy atom. The van der Waals surface area contributed by atoms with Crippen molar-refractivity contribution in [1.29, 1.82) is 0 Å². The quantitative estimate of drug-likeness (QED) is 0.717. The van der Waals surface area contributed by atoms with E-state index in [2.05, 4.69) is 30.4 Å². The highest BCUT2D eigenvalue weighted by atomic mass is 16.5. The summed E-state index contributed by atoms with van der Waals surface area (Å²) < 4.78 is 7.11. The van der Waals surface area contributed by atoms with Gasteiger partial charge in [0.25, 0.3) is 11.4 Å². The topological polar surface area (TPSA) is 105 Å². The Morgan fingerprint density at radius 2 is 2.22 bits per heavy atom. The second-order valence-corrected chi connectivity index (χ2v) is 7.07. The molecule has 1 fully saturated rings. The highest BCUT2D eigenvalue weighted by molar-refractivity contribution is 5.79. The Labute approximate surface area is 156 Å². The molecule has 4 rings (SSSR count). The van der Waals surface area contributed by atoms with E-state index in [9.17, 15) is 4.79 Å². The van der Waals surface area contributed by atoms with Gasteiger partial charge in [-0.2, -0.15) is 10.1 Å². The van der Waals surface area contributed by atoms with Gasteiger partial charge >= 0.3 is 0 Å². The van der Waals surface area contributed by atoms with Crippen LogP contribution in [0.5, 0.6) is 0 Å². The number of aromatic nitrogens is 5. The van der Waals surface area contributed by atoms with Gasteiger partial charge < -0.3 is 14.8 Å². The average molecular weight is 369 g/mol. The van der Waals surface area contributed by atoms with E-state index in [0.717, 1.165) is 30.7 Å². The van der Waals surface area contributed by atoms with Crippen molar-refractivity contribution < 1.29 is 4.52 Å². The summed E-state index contributed by atoms with van der Waals surface area (Å²) in [6.45, 7) is 6.71. The maximum Gasteiger partial charge on any atom is 0.256 e. The van der Waals surface area contributed by atoms with E-state index in [1.54, 1.807) is 23.0 Å². The number of fused-ring (bicyclic) bond motifs is 1. The molecule has 9 nitrogen and oxygen atoms in total. The van der Waals surface area contributed by atoms with Crippen LogP contribution < -0.4 is 10.9 Å². The van der Waals surface area contributed by atoms with Crippen LogP contribution in [0.2, 0.25) is 0 Å². The van der Waals surface area contributed by atoms with Gasteiger partial charge in [-0.15, -0.1) is 0 Å². The molecule has 142 valence electrons. The Balaban J connectivity index is 1.58. The minimum absolute atomic E-state index is 0.0891. The average Bonchev–Trinajstić information content (AvgIpc) is 3.27. The van der Waals surface area contributed by atoms with Gasteiger partial charge in [0.15, 0.2) is 5.82 Å². The van der Waals surface area contributed by atoms with E-state index in [0.29, 0.717) is 17.3 Å². The third-order valence-electron chi connectivity index (χ3n) is 4.79. The second kappa shape index (κ2) is 7.09. The number of likely N-dealkylation sites (N-methyl/N-ethyl adjacent to an activating group) is 1. The van der Waals surface area contributed by atoms with Crippen LogP contribution in [-0.2, 0) is 0 Å². The molecule has 9 heteroatoms. The summed E-state index contributed by atoms with van der Waals surface area (Å²) in [6.07, 6.45) is 5.10. The van der Waals surface area contributed by atoms with Crippen LogP contribution in [0.15, 0.2) is 21.6 Å². The van der Waals surface area contributed by atoms with E-state index < -0.39 is 0 Å². The second-order valence-electron chi connectivity index (χ2n) is 7.07. The molecule has 2 N–H and O–H groups in total. The van der Waals surface area contributed by atoms with Crippen molar-refractivity contribution in [1.82, 2.24) is 35.1 Å². The number of nitrogens with one attached hydrogen (secondary N) is 2. The largest absolute Gasteiger partial charge is 0.335 e. The number of pyridine rings is 1. The van der Waals surface area contributed by atoms with E-state index >= 15 is 0 Å². The van der Waals surface area contributed by atoms with E-state index in [1.165, 1.54) is 0 Å². The molecule has 0 bridgehead atoms. The molecule has 3 aromatic heterocycles. The molecule has 0 saturated carbocycles. The number of hydrogen-bond donors (Lipinski definition) is 2. The van der Waals surface area contributed by atoms with Crippen LogP contribution in [0.4, 0.5) is 0 Å². The Morgan fingerprint density at radius 3 is 3.00 bits per heavy atom. The number of aromatic amines is 1. The molecular weight excluding hydrogens is 346 g/mol. The fourth-order valence-electron chi connectivity index (χ4n) is 3.24. The third kappa shape index (κ3) is 3.43. The predicted octanol–water partition coefficient (Wildman–Crippen LogP) is 1.43. The van der Waals surface area contributed by atoms with Crippen LogP contribution in [0, 0.1) is 0 Å². The maximum absolute atomic E-state index is 12.4. The molecule has 0 spiro atoms. The van der Waals surface area contributed by atoms with Crippen LogP contribution >= 0.6 is 0 Å². The zero-order valence-electron chi connectivity index (χ0n) is 15.6. The molecule has 1 aliphatic rings. The number of nitrogens with zero attached hydrogens (tertiary/aromatic N) is 5. The summed E-state index contributed by atoms with van der Waals surface area (Å²) in [6, 6.07) is 2.07. The summed E-state index contributed by atoms with van der Waals surface area (Å²) in [5, 5.41) is 12.6. The van der Waals surface area contributed by atoms with Crippen molar-refractivity contribution in [2.75, 3.05) is 26.7 Å². The lowest BCUT2D eigenvalue weighted by molar-refractivity contribution is 0.190. The van der Waals surface area contributed by atoms with E-state index in [4.69, 9.17) is 4.52 Å². The molecule has 1 saturated heterocycles. The standard InChI is InChI=1S/C18H23N7O2/c1-11(2)25-17-13(9-20-25)8-12(18(26)22-17)4-5-15-21-16(23-27-15)14-10-19-6-7-24(14)3/h4-5,8-9,11,14,19H,6-7,10H2,1-3H3,(H,22,26)/b5-4+. The zero-order chi connectivity index (χ0) is 19.0. The Bertz CT molecular complexity index is 1030. The predicted molar refractivity (Wildman–Crippen MR) is 102 cm³/mol. The Hall–Kier alpha value is -2.78. The first kappa shape index (κ1) is 17.6.